The Morgan fingerprint density at radius 1 is 0.917 bits per heavy atom. The van der Waals surface area contributed by atoms with Crippen LogP contribution in [-0.2, 0) is 16.1 Å². The molecular formula is C19H16O5. The molecule has 0 fully saturated rings. The van der Waals surface area contributed by atoms with Crippen molar-refractivity contribution in [1.29, 1.82) is 0 Å². The molecule has 0 aliphatic heterocycles. The van der Waals surface area contributed by atoms with Crippen LogP contribution in [0.1, 0.15) is 33.4 Å². The molecule has 0 aliphatic carbocycles. The molecule has 0 N–H and O–H groups in total. The zero-order valence-electron chi connectivity index (χ0n) is 13.2. The van der Waals surface area contributed by atoms with Crippen LogP contribution in [0.5, 0.6) is 0 Å². The van der Waals surface area contributed by atoms with Crippen LogP contribution in [0.25, 0.3) is 11.0 Å². The van der Waals surface area contributed by atoms with Crippen molar-refractivity contribution in [2.24, 2.45) is 0 Å². The fraction of sp³-hybridized carbons (Fsp3) is 0.158. The quantitative estimate of drug-likeness (QED) is 0.664. The van der Waals surface area contributed by atoms with Crippen LogP contribution in [-0.4, -0.2) is 18.5 Å². The third-order valence-corrected chi connectivity index (χ3v) is 3.52. The molecule has 0 saturated carbocycles. The number of hydrogen-bond donors (Lipinski definition) is 0. The first kappa shape index (κ1) is 15.8. The predicted octanol–water partition coefficient (Wildman–Crippen LogP) is 3.97. The summed E-state index contributed by atoms with van der Waals surface area (Å²) >= 11 is 0. The number of carbonyl (C=O) groups excluding carboxylic acids is 2. The number of hydrogen-bond acceptors (Lipinski definition) is 5. The SMILES string of the molecule is CCOC(=O)c1oc2ccccc2c1COC(=O)c1ccccc1. The predicted molar refractivity (Wildman–Crippen MR) is 87.7 cm³/mol. The molecule has 0 atom stereocenters. The Kier molecular flexibility index (Phi) is 4.61. The largest absolute Gasteiger partial charge is 0.460 e. The maximum Gasteiger partial charge on any atom is 0.374 e. The van der Waals surface area contributed by atoms with Gasteiger partial charge in [0.1, 0.15) is 12.2 Å². The van der Waals surface area contributed by atoms with E-state index in [1.165, 1.54) is 0 Å². The highest BCUT2D eigenvalue weighted by Crippen LogP contribution is 2.27. The Morgan fingerprint density at radius 3 is 2.38 bits per heavy atom. The Labute approximate surface area is 138 Å². The molecule has 0 aliphatic rings. The first-order valence-corrected chi connectivity index (χ1v) is 7.60. The highest BCUT2D eigenvalue weighted by Gasteiger charge is 2.22. The summed E-state index contributed by atoms with van der Waals surface area (Å²) < 4.78 is 15.9. The van der Waals surface area contributed by atoms with E-state index < -0.39 is 11.9 Å². The molecule has 3 aromatic rings. The lowest BCUT2D eigenvalue weighted by molar-refractivity contribution is 0.0435. The van der Waals surface area contributed by atoms with Gasteiger partial charge in [-0.1, -0.05) is 36.4 Å². The first-order chi connectivity index (χ1) is 11.7. The highest BCUT2D eigenvalue weighted by atomic mass is 16.5. The molecule has 0 radical (unpaired) electrons. The van der Waals surface area contributed by atoms with Gasteiger partial charge in [0, 0.05) is 5.39 Å². The average molecular weight is 324 g/mol. The van der Waals surface area contributed by atoms with Gasteiger partial charge in [-0.25, -0.2) is 9.59 Å². The monoisotopic (exact) mass is 324 g/mol. The topological polar surface area (TPSA) is 65.7 Å². The molecule has 0 spiro atoms. The van der Waals surface area contributed by atoms with Gasteiger partial charge in [0.05, 0.1) is 17.7 Å². The van der Waals surface area contributed by atoms with Gasteiger partial charge in [-0.05, 0) is 25.1 Å². The van der Waals surface area contributed by atoms with Gasteiger partial charge in [-0.15, -0.1) is 0 Å². The normalized spacial score (nSPS) is 10.5. The third-order valence-electron chi connectivity index (χ3n) is 3.52. The Bertz CT molecular complexity index is 864. The van der Waals surface area contributed by atoms with Crippen molar-refractivity contribution in [3.63, 3.8) is 0 Å². The Balaban J connectivity index is 1.88. The van der Waals surface area contributed by atoms with Gasteiger partial charge in [-0.3, -0.25) is 0 Å². The number of benzene rings is 2. The lowest BCUT2D eigenvalue weighted by atomic mass is 10.1. The van der Waals surface area contributed by atoms with Crippen molar-refractivity contribution < 1.29 is 23.5 Å². The van der Waals surface area contributed by atoms with Crippen molar-refractivity contribution in [1.82, 2.24) is 0 Å². The number of fused-ring (bicyclic) bond motifs is 1. The number of carbonyl (C=O) groups is 2. The minimum Gasteiger partial charge on any atom is -0.460 e. The van der Waals surface area contributed by atoms with Crippen LogP contribution < -0.4 is 0 Å². The van der Waals surface area contributed by atoms with E-state index in [2.05, 4.69) is 0 Å². The van der Waals surface area contributed by atoms with Crippen molar-refractivity contribution in [2.45, 2.75) is 13.5 Å². The number of rotatable bonds is 5. The van der Waals surface area contributed by atoms with Gasteiger partial charge < -0.3 is 13.9 Å². The van der Waals surface area contributed by atoms with E-state index in [1.54, 1.807) is 43.3 Å². The lowest BCUT2D eigenvalue weighted by Crippen LogP contribution is -2.09. The zero-order chi connectivity index (χ0) is 16.9. The Hall–Kier alpha value is -3.08. The maximum atomic E-state index is 12.1. The molecule has 5 heteroatoms. The fourth-order valence-electron chi connectivity index (χ4n) is 2.40. The Morgan fingerprint density at radius 2 is 1.62 bits per heavy atom. The third kappa shape index (κ3) is 3.15. The summed E-state index contributed by atoms with van der Waals surface area (Å²) in [5.74, 6) is -0.964. The minimum atomic E-state index is -0.570. The zero-order valence-corrected chi connectivity index (χ0v) is 13.2. The van der Waals surface area contributed by atoms with Crippen LogP contribution in [0.2, 0.25) is 0 Å². The van der Waals surface area contributed by atoms with E-state index in [-0.39, 0.29) is 19.0 Å². The summed E-state index contributed by atoms with van der Waals surface area (Å²) in [6.07, 6.45) is 0. The standard InChI is InChI=1S/C19H16O5/c1-2-22-19(21)17-15(14-10-6-7-11-16(14)24-17)12-23-18(20)13-8-4-3-5-9-13/h3-11H,2,12H2,1H3. The van der Waals surface area contributed by atoms with Gasteiger partial charge >= 0.3 is 11.9 Å². The highest BCUT2D eigenvalue weighted by molar-refractivity contribution is 5.96. The van der Waals surface area contributed by atoms with Gasteiger partial charge in [0.2, 0.25) is 5.76 Å². The molecule has 0 bridgehead atoms. The van der Waals surface area contributed by atoms with Crippen molar-refractivity contribution in [3.8, 4) is 0 Å². The molecule has 1 aromatic heterocycles. The van der Waals surface area contributed by atoms with Crippen LogP contribution in [0.4, 0.5) is 0 Å². The second-order valence-electron chi connectivity index (χ2n) is 5.07. The van der Waals surface area contributed by atoms with Gasteiger partial charge in [0.15, 0.2) is 0 Å². The molecule has 0 amide bonds. The number of ether oxygens (including phenoxy) is 2. The fourth-order valence-corrected chi connectivity index (χ4v) is 2.40. The van der Waals surface area contributed by atoms with E-state index in [4.69, 9.17) is 13.9 Å². The molecule has 122 valence electrons. The molecule has 3 rings (SSSR count). The molecule has 1 heterocycles. The molecule has 24 heavy (non-hydrogen) atoms. The molecule has 5 nitrogen and oxygen atoms in total. The summed E-state index contributed by atoms with van der Waals surface area (Å²) in [6.45, 7) is 1.88. The number of para-hydroxylation sites is 1. The van der Waals surface area contributed by atoms with Gasteiger partial charge in [-0.2, -0.15) is 0 Å². The number of furan rings is 1. The summed E-state index contributed by atoms with van der Waals surface area (Å²) in [4.78, 5) is 24.2. The summed E-state index contributed by atoms with van der Waals surface area (Å²) in [7, 11) is 0. The van der Waals surface area contributed by atoms with Gasteiger partial charge in [0.25, 0.3) is 0 Å². The number of esters is 2. The summed E-state index contributed by atoms with van der Waals surface area (Å²) in [6, 6.07) is 15.9. The second-order valence-corrected chi connectivity index (χ2v) is 5.07. The second kappa shape index (κ2) is 7.00. The minimum absolute atomic E-state index is 0.0684. The summed E-state index contributed by atoms with van der Waals surface area (Å²) in [5, 5.41) is 0.724. The van der Waals surface area contributed by atoms with E-state index in [0.717, 1.165) is 5.39 Å². The molecule has 2 aromatic carbocycles. The van der Waals surface area contributed by atoms with Crippen molar-refractivity contribution in [2.75, 3.05) is 6.61 Å². The molecule has 0 unspecified atom stereocenters. The van der Waals surface area contributed by atoms with E-state index in [0.29, 0.717) is 16.7 Å². The van der Waals surface area contributed by atoms with E-state index in [1.807, 2.05) is 18.2 Å². The van der Waals surface area contributed by atoms with Crippen LogP contribution in [0.15, 0.2) is 59.0 Å². The van der Waals surface area contributed by atoms with Crippen LogP contribution in [0, 0.1) is 0 Å². The summed E-state index contributed by atoms with van der Waals surface area (Å²) in [5.41, 5.74) is 1.50. The van der Waals surface area contributed by atoms with Crippen LogP contribution in [0.3, 0.4) is 0 Å². The van der Waals surface area contributed by atoms with Crippen LogP contribution >= 0.6 is 0 Å². The van der Waals surface area contributed by atoms with E-state index in [9.17, 15) is 9.59 Å². The smallest absolute Gasteiger partial charge is 0.374 e. The average Bonchev–Trinajstić information content (AvgIpc) is 2.99. The maximum absolute atomic E-state index is 12.1. The van der Waals surface area contributed by atoms with Crippen molar-refractivity contribution >= 4 is 22.9 Å². The van der Waals surface area contributed by atoms with Crippen molar-refractivity contribution in [3.05, 3.63) is 71.5 Å². The van der Waals surface area contributed by atoms with E-state index >= 15 is 0 Å². The molecular weight excluding hydrogens is 308 g/mol. The molecule has 0 saturated heterocycles. The lowest BCUT2D eigenvalue weighted by Gasteiger charge is -2.06. The first-order valence-electron chi connectivity index (χ1n) is 7.60.